The maximum Gasteiger partial charge on any atom is 0.335 e. The highest BCUT2D eigenvalue weighted by atomic mass is 16.5. The minimum absolute atomic E-state index is 0.160. The van der Waals surface area contributed by atoms with Gasteiger partial charge in [-0.2, -0.15) is 0 Å². The van der Waals surface area contributed by atoms with E-state index in [-0.39, 0.29) is 17.7 Å². The molecule has 12 heavy (non-hydrogen) atoms. The summed E-state index contributed by atoms with van der Waals surface area (Å²) in [6.45, 7) is 2.19. The molecule has 3 heteroatoms. The largest absolute Gasteiger partial charge is 0.458 e. The molecule has 1 aliphatic heterocycles. The summed E-state index contributed by atoms with van der Waals surface area (Å²) in [4.78, 5) is 22.4. The van der Waals surface area contributed by atoms with Gasteiger partial charge in [0.15, 0.2) is 0 Å². The van der Waals surface area contributed by atoms with Crippen molar-refractivity contribution in [2.24, 2.45) is 5.92 Å². The Balaban J connectivity index is 2.40. The fourth-order valence-electron chi connectivity index (χ4n) is 1.79. The third-order valence-corrected chi connectivity index (χ3v) is 2.57. The zero-order valence-electron chi connectivity index (χ0n) is 6.92. The highest BCUT2D eigenvalue weighted by Gasteiger charge is 2.35. The molecule has 0 spiro atoms. The molecule has 0 aromatic rings. The lowest BCUT2D eigenvalue weighted by Gasteiger charge is -2.16. The van der Waals surface area contributed by atoms with Gasteiger partial charge in [-0.25, -0.2) is 4.79 Å². The highest BCUT2D eigenvalue weighted by Crippen LogP contribution is 2.32. The van der Waals surface area contributed by atoms with E-state index in [1.165, 1.54) is 0 Å². The Morgan fingerprint density at radius 3 is 2.83 bits per heavy atom. The van der Waals surface area contributed by atoms with Crippen molar-refractivity contribution in [3.8, 4) is 0 Å². The van der Waals surface area contributed by atoms with E-state index in [0.29, 0.717) is 25.0 Å². The lowest BCUT2D eigenvalue weighted by atomic mass is 9.84. The van der Waals surface area contributed by atoms with Crippen LogP contribution in [0.1, 0.15) is 19.8 Å². The summed E-state index contributed by atoms with van der Waals surface area (Å²) in [6.07, 6.45) is 1.28. The number of carbonyl (C=O) groups excluding carboxylic acids is 2. The topological polar surface area (TPSA) is 43.4 Å². The first-order chi connectivity index (χ1) is 5.70. The van der Waals surface area contributed by atoms with E-state index in [1.807, 2.05) is 0 Å². The van der Waals surface area contributed by atoms with Gasteiger partial charge in [-0.15, -0.1) is 0 Å². The molecule has 3 nitrogen and oxygen atoms in total. The molecule has 0 fully saturated rings. The summed E-state index contributed by atoms with van der Waals surface area (Å²) in [5, 5.41) is 0. The average molecular weight is 166 g/mol. The van der Waals surface area contributed by atoms with Crippen LogP contribution in [0.15, 0.2) is 11.1 Å². The van der Waals surface area contributed by atoms with Crippen LogP contribution in [-0.2, 0) is 14.3 Å². The third kappa shape index (κ3) is 0.891. The smallest absolute Gasteiger partial charge is 0.335 e. The normalized spacial score (nSPS) is 28.9. The van der Waals surface area contributed by atoms with E-state index >= 15 is 0 Å². The lowest BCUT2D eigenvalue weighted by molar-refractivity contribution is -0.137. The first-order valence-corrected chi connectivity index (χ1v) is 4.12. The molecular formula is C9H10O3. The van der Waals surface area contributed by atoms with Gasteiger partial charge in [0.05, 0.1) is 0 Å². The molecule has 1 unspecified atom stereocenters. The van der Waals surface area contributed by atoms with Gasteiger partial charge in [0.1, 0.15) is 12.4 Å². The highest BCUT2D eigenvalue weighted by molar-refractivity contribution is 6.01. The van der Waals surface area contributed by atoms with Crippen molar-refractivity contribution in [3.63, 3.8) is 0 Å². The van der Waals surface area contributed by atoms with Crippen molar-refractivity contribution in [2.75, 3.05) is 6.61 Å². The van der Waals surface area contributed by atoms with Crippen LogP contribution < -0.4 is 0 Å². The van der Waals surface area contributed by atoms with Gasteiger partial charge in [0.2, 0.25) is 0 Å². The summed E-state index contributed by atoms with van der Waals surface area (Å²) in [6, 6.07) is 0. The molecule has 2 rings (SSSR count). The number of carbonyl (C=O) groups is 2. The molecule has 1 heterocycles. The number of cyclic esters (lactones) is 1. The van der Waals surface area contributed by atoms with Crippen LogP contribution in [0, 0.1) is 5.92 Å². The quantitative estimate of drug-likeness (QED) is 0.501. The minimum Gasteiger partial charge on any atom is -0.458 e. The molecule has 1 atom stereocenters. The van der Waals surface area contributed by atoms with Crippen molar-refractivity contribution in [1.29, 1.82) is 0 Å². The second-order valence-corrected chi connectivity index (χ2v) is 3.28. The molecule has 64 valence electrons. The SMILES string of the molecule is CC1C(=O)CCC2=C1C(=O)OC2. The van der Waals surface area contributed by atoms with Crippen molar-refractivity contribution in [2.45, 2.75) is 19.8 Å². The van der Waals surface area contributed by atoms with Crippen LogP contribution in [0.4, 0.5) is 0 Å². The van der Waals surface area contributed by atoms with Crippen LogP contribution in [0.3, 0.4) is 0 Å². The molecule has 0 N–H and O–H groups in total. The van der Waals surface area contributed by atoms with E-state index in [2.05, 4.69) is 0 Å². The molecule has 0 bridgehead atoms. The van der Waals surface area contributed by atoms with Crippen LogP contribution in [-0.4, -0.2) is 18.4 Å². The molecular weight excluding hydrogens is 156 g/mol. The minimum atomic E-state index is -0.287. The molecule has 1 aliphatic carbocycles. The zero-order chi connectivity index (χ0) is 8.72. The van der Waals surface area contributed by atoms with Crippen LogP contribution in [0.2, 0.25) is 0 Å². The van der Waals surface area contributed by atoms with Crippen molar-refractivity contribution in [3.05, 3.63) is 11.1 Å². The molecule has 0 aromatic carbocycles. The summed E-state index contributed by atoms with van der Waals surface area (Å²) < 4.78 is 4.85. The standard InChI is InChI=1S/C9H10O3/c1-5-7(10)3-2-6-4-12-9(11)8(5)6/h5H,2-4H2,1H3. The number of Topliss-reactive ketones (excluding diaryl/α,β-unsaturated/α-hetero) is 1. The monoisotopic (exact) mass is 166 g/mol. The van der Waals surface area contributed by atoms with Gasteiger partial charge in [0, 0.05) is 17.9 Å². The number of rotatable bonds is 0. The van der Waals surface area contributed by atoms with Crippen molar-refractivity contribution in [1.82, 2.24) is 0 Å². The fourth-order valence-corrected chi connectivity index (χ4v) is 1.79. The Hall–Kier alpha value is -1.12. The maximum absolute atomic E-state index is 11.2. The van der Waals surface area contributed by atoms with Gasteiger partial charge in [-0.05, 0) is 12.0 Å². The number of hydrogen-bond acceptors (Lipinski definition) is 3. The Kier molecular flexibility index (Phi) is 1.53. The van der Waals surface area contributed by atoms with Gasteiger partial charge in [-0.1, -0.05) is 6.92 Å². The van der Waals surface area contributed by atoms with E-state index in [1.54, 1.807) is 6.92 Å². The van der Waals surface area contributed by atoms with E-state index in [4.69, 9.17) is 4.74 Å². The average Bonchev–Trinajstić information content (AvgIpc) is 2.41. The lowest BCUT2D eigenvalue weighted by Crippen LogP contribution is -2.21. The Morgan fingerprint density at radius 1 is 1.33 bits per heavy atom. The number of ketones is 1. The molecule has 0 saturated heterocycles. The zero-order valence-corrected chi connectivity index (χ0v) is 6.92. The van der Waals surface area contributed by atoms with E-state index in [0.717, 1.165) is 5.57 Å². The van der Waals surface area contributed by atoms with Crippen LogP contribution in [0.25, 0.3) is 0 Å². The van der Waals surface area contributed by atoms with E-state index < -0.39 is 0 Å². The van der Waals surface area contributed by atoms with Crippen LogP contribution >= 0.6 is 0 Å². The maximum atomic E-state index is 11.2. The predicted octanol–water partition coefficient (Wildman–Crippen LogP) is 0.839. The summed E-state index contributed by atoms with van der Waals surface area (Å²) in [5.41, 5.74) is 1.67. The van der Waals surface area contributed by atoms with Gasteiger partial charge >= 0.3 is 5.97 Å². The Bertz CT molecular complexity index is 288. The molecule has 0 radical (unpaired) electrons. The van der Waals surface area contributed by atoms with Crippen molar-refractivity contribution < 1.29 is 14.3 Å². The van der Waals surface area contributed by atoms with Gasteiger partial charge in [0.25, 0.3) is 0 Å². The second-order valence-electron chi connectivity index (χ2n) is 3.28. The Labute approximate surface area is 70.4 Å². The number of hydrogen-bond donors (Lipinski definition) is 0. The molecule has 0 amide bonds. The van der Waals surface area contributed by atoms with Crippen LogP contribution in [0.5, 0.6) is 0 Å². The molecule has 2 aliphatic rings. The first-order valence-electron chi connectivity index (χ1n) is 4.12. The first kappa shape index (κ1) is 7.53. The predicted molar refractivity (Wildman–Crippen MR) is 41.4 cm³/mol. The van der Waals surface area contributed by atoms with Crippen molar-refractivity contribution >= 4 is 11.8 Å². The van der Waals surface area contributed by atoms with Gasteiger partial charge in [-0.3, -0.25) is 4.79 Å². The fraction of sp³-hybridized carbons (Fsp3) is 0.556. The number of ether oxygens (including phenoxy) is 1. The summed E-state index contributed by atoms with van der Waals surface area (Å²) in [5.74, 6) is -0.359. The Morgan fingerprint density at radius 2 is 2.08 bits per heavy atom. The van der Waals surface area contributed by atoms with E-state index in [9.17, 15) is 9.59 Å². The third-order valence-electron chi connectivity index (χ3n) is 2.57. The van der Waals surface area contributed by atoms with Gasteiger partial charge < -0.3 is 4.74 Å². The number of esters is 1. The molecule has 0 saturated carbocycles. The summed E-state index contributed by atoms with van der Waals surface area (Å²) in [7, 11) is 0. The molecule has 0 aromatic heterocycles. The summed E-state index contributed by atoms with van der Waals surface area (Å²) >= 11 is 0. The second kappa shape index (κ2) is 2.44.